The Hall–Kier alpha value is -1.09. The molecule has 0 aliphatic carbocycles. The minimum absolute atomic E-state index is 0.0519. The Bertz CT molecular complexity index is 484. The van der Waals surface area contributed by atoms with Gasteiger partial charge in [0.25, 0.3) is 0 Å². The average Bonchev–Trinajstić information content (AvgIpc) is 2.44. The number of rotatable bonds is 9. The maximum atomic E-state index is 14.0. The van der Waals surface area contributed by atoms with E-state index in [4.69, 9.17) is 9.47 Å². The summed E-state index contributed by atoms with van der Waals surface area (Å²) >= 11 is 0. The van der Waals surface area contributed by atoms with Gasteiger partial charge in [-0.05, 0) is 54.2 Å². The number of unbranched alkanes of at least 4 members (excludes halogenated alkanes) is 1. The van der Waals surface area contributed by atoms with E-state index in [0.717, 1.165) is 38.0 Å². The molecule has 0 aliphatic heterocycles. The maximum absolute atomic E-state index is 14.0. The van der Waals surface area contributed by atoms with E-state index in [1.54, 1.807) is 12.1 Å². The van der Waals surface area contributed by atoms with Gasteiger partial charge in [0.1, 0.15) is 0 Å². The molecule has 0 amide bonds. The molecule has 0 fully saturated rings. The first-order valence-electron chi connectivity index (χ1n) is 9.10. The van der Waals surface area contributed by atoms with Crippen LogP contribution in [0.15, 0.2) is 18.2 Å². The van der Waals surface area contributed by atoms with E-state index >= 15 is 0 Å². The highest BCUT2D eigenvalue weighted by atomic mass is 19.1. The third-order valence-electron chi connectivity index (χ3n) is 3.95. The molecule has 0 saturated carbocycles. The Balaban J connectivity index is 2.16. The Morgan fingerprint density at radius 2 is 1.50 bits per heavy atom. The van der Waals surface area contributed by atoms with E-state index in [-0.39, 0.29) is 11.2 Å². The van der Waals surface area contributed by atoms with Crippen molar-refractivity contribution in [3.05, 3.63) is 29.6 Å². The van der Waals surface area contributed by atoms with Crippen molar-refractivity contribution in [2.45, 2.75) is 72.6 Å². The van der Waals surface area contributed by atoms with Crippen molar-refractivity contribution < 1.29 is 13.9 Å². The van der Waals surface area contributed by atoms with Gasteiger partial charge in [-0.25, -0.2) is 4.39 Å². The molecule has 0 radical (unpaired) electrons. The SMILES string of the molecule is CC(C)(C)CCCOCCCCOc1ccc(C(C)(C)C)cc1F. The van der Waals surface area contributed by atoms with Crippen LogP contribution in [0.4, 0.5) is 4.39 Å². The van der Waals surface area contributed by atoms with Crippen LogP contribution in [0.2, 0.25) is 0 Å². The quantitative estimate of drug-likeness (QED) is 0.505. The predicted molar refractivity (Wildman–Crippen MR) is 99.3 cm³/mol. The fraction of sp³-hybridized carbons (Fsp3) is 0.714. The number of benzene rings is 1. The highest BCUT2D eigenvalue weighted by molar-refractivity contribution is 5.32. The molecule has 0 atom stereocenters. The molecule has 0 saturated heterocycles. The van der Waals surface area contributed by atoms with E-state index in [9.17, 15) is 4.39 Å². The lowest BCUT2D eigenvalue weighted by Gasteiger charge is -2.19. The average molecular weight is 339 g/mol. The molecule has 0 heterocycles. The van der Waals surface area contributed by atoms with Gasteiger partial charge in [-0.3, -0.25) is 0 Å². The molecular weight excluding hydrogens is 303 g/mol. The smallest absolute Gasteiger partial charge is 0.165 e. The standard InChI is InChI=1S/C21H35FO2/c1-20(2,3)12-9-14-23-13-7-8-15-24-19-11-10-17(16-18(19)22)21(4,5)6/h10-11,16H,7-9,12-15H2,1-6H3. The topological polar surface area (TPSA) is 18.5 Å². The number of hydrogen-bond acceptors (Lipinski definition) is 2. The first-order chi connectivity index (χ1) is 11.1. The summed E-state index contributed by atoms with van der Waals surface area (Å²) in [6.07, 6.45) is 4.10. The van der Waals surface area contributed by atoms with Crippen LogP contribution in [-0.4, -0.2) is 19.8 Å². The van der Waals surface area contributed by atoms with Crippen molar-refractivity contribution in [2.75, 3.05) is 19.8 Å². The van der Waals surface area contributed by atoms with Gasteiger partial charge >= 0.3 is 0 Å². The van der Waals surface area contributed by atoms with Crippen molar-refractivity contribution in [1.82, 2.24) is 0 Å². The van der Waals surface area contributed by atoms with Crippen molar-refractivity contribution in [3.63, 3.8) is 0 Å². The summed E-state index contributed by atoms with van der Waals surface area (Å²) < 4.78 is 25.2. The molecule has 24 heavy (non-hydrogen) atoms. The Labute approximate surface area is 147 Å². The highest BCUT2D eigenvalue weighted by Crippen LogP contribution is 2.27. The van der Waals surface area contributed by atoms with Gasteiger partial charge in [0, 0.05) is 13.2 Å². The number of halogens is 1. The first-order valence-corrected chi connectivity index (χ1v) is 9.10. The molecule has 2 nitrogen and oxygen atoms in total. The molecule has 138 valence electrons. The van der Waals surface area contributed by atoms with Crippen LogP contribution in [-0.2, 0) is 10.2 Å². The van der Waals surface area contributed by atoms with Crippen LogP contribution < -0.4 is 4.74 Å². The molecule has 0 N–H and O–H groups in total. The van der Waals surface area contributed by atoms with Crippen molar-refractivity contribution in [1.29, 1.82) is 0 Å². The predicted octanol–water partition coefficient (Wildman–Crippen LogP) is 6.13. The van der Waals surface area contributed by atoms with E-state index in [0.29, 0.717) is 17.8 Å². The second-order valence-corrected chi connectivity index (χ2v) is 8.73. The van der Waals surface area contributed by atoms with Crippen molar-refractivity contribution in [2.24, 2.45) is 5.41 Å². The Morgan fingerprint density at radius 1 is 0.875 bits per heavy atom. The lowest BCUT2D eigenvalue weighted by molar-refractivity contribution is 0.115. The van der Waals surface area contributed by atoms with Crippen LogP contribution in [0.3, 0.4) is 0 Å². The molecule has 0 spiro atoms. The van der Waals surface area contributed by atoms with E-state index in [1.165, 1.54) is 6.42 Å². The zero-order chi connectivity index (χ0) is 18.2. The van der Waals surface area contributed by atoms with Gasteiger partial charge < -0.3 is 9.47 Å². The van der Waals surface area contributed by atoms with Crippen LogP contribution in [0.25, 0.3) is 0 Å². The van der Waals surface area contributed by atoms with Gasteiger partial charge in [-0.2, -0.15) is 0 Å². The second kappa shape index (κ2) is 9.41. The molecule has 1 rings (SSSR count). The summed E-state index contributed by atoms with van der Waals surface area (Å²) in [6, 6.07) is 5.25. The summed E-state index contributed by atoms with van der Waals surface area (Å²) in [4.78, 5) is 0. The third-order valence-corrected chi connectivity index (χ3v) is 3.95. The number of ether oxygens (including phenoxy) is 2. The zero-order valence-electron chi connectivity index (χ0n) is 16.4. The fourth-order valence-electron chi connectivity index (χ4n) is 2.38. The van der Waals surface area contributed by atoms with Gasteiger partial charge in [0.05, 0.1) is 6.61 Å². The summed E-state index contributed by atoms with van der Waals surface area (Å²) in [7, 11) is 0. The van der Waals surface area contributed by atoms with Crippen LogP contribution >= 0.6 is 0 Å². The first kappa shape index (κ1) is 21.0. The second-order valence-electron chi connectivity index (χ2n) is 8.73. The van der Waals surface area contributed by atoms with Crippen molar-refractivity contribution in [3.8, 4) is 5.75 Å². The highest BCUT2D eigenvalue weighted by Gasteiger charge is 2.16. The van der Waals surface area contributed by atoms with Crippen LogP contribution in [0.1, 0.15) is 72.8 Å². The summed E-state index contributed by atoms with van der Waals surface area (Å²) in [5.41, 5.74) is 1.31. The van der Waals surface area contributed by atoms with Crippen LogP contribution in [0.5, 0.6) is 5.75 Å². The molecule has 0 aromatic heterocycles. The van der Waals surface area contributed by atoms with E-state index < -0.39 is 0 Å². The molecule has 0 unspecified atom stereocenters. The summed E-state index contributed by atoms with van der Waals surface area (Å²) in [5.74, 6) is 0.0648. The molecular formula is C21H35FO2. The van der Waals surface area contributed by atoms with Gasteiger partial charge in [-0.15, -0.1) is 0 Å². The maximum Gasteiger partial charge on any atom is 0.165 e. The minimum atomic E-state index is -0.277. The number of hydrogen-bond donors (Lipinski definition) is 0. The molecule has 1 aromatic rings. The monoisotopic (exact) mass is 338 g/mol. The molecule has 1 aromatic carbocycles. The minimum Gasteiger partial charge on any atom is -0.491 e. The Kier molecular flexibility index (Phi) is 8.21. The molecule has 0 bridgehead atoms. The summed E-state index contributed by atoms with van der Waals surface area (Å²) in [5, 5.41) is 0. The van der Waals surface area contributed by atoms with Crippen LogP contribution in [0, 0.1) is 11.2 Å². The largest absolute Gasteiger partial charge is 0.491 e. The molecule has 3 heteroatoms. The third kappa shape index (κ3) is 8.68. The van der Waals surface area contributed by atoms with Gasteiger partial charge in [0.15, 0.2) is 11.6 Å². The normalized spacial score (nSPS) is 12.5. The zero-order valence-corrected chi connectivity index (χ0v) is 16.4. The van der Waals surface area contributed by atoms with Gasteiger partial charge in [-0.1, -0.05) is 47.6 Å². The summed E-state index contributed by atoms with van der Waals surface area (Å²) in [6.45, 7) is 15.1. The Morgan fingerprint density at radius 3 is 2.08 bits per heavy atom. The van der Waals surface area contributed by atoms with Crippen molar-refractivity contribution >= 4 is 0 Å². The van der Waals surface area contributed by atoms with E-state index in [2.05, 4.69) is 41.5 Å². The fourth-order valence-corrected chi connectivity index (χ4v) is 2.38. The molecule has 0 aliphatic rings. The lowest BCUT2D eigenvalue weighted by Crippen LogP contribution is -2.11. The van der Waals surface area contributed by atoms with Gasteiger partial charge in [0.2, 0.25) is 0 Å². The van der Waals surface area contributed by atoms with E-state index in [1.807, 2.05) is 6.07 Å². The lowest BCUT2D eigenvalue weighted by atomic mass is 9.87.